The lowest BCUT2D eigenvalue weighted by atomic mass is 10.1. The Morgan fingerprint density at radius 3 is 2.54 bits per heavy atom. The SMILES string of the molecule is COc1ccc(CCNc2nc(Nc3ccc(-n4ccnc4)cc3)nc3c2ncn3-c2ccsc2)cc1. The van der Waals surface area contributed by atoms with Crippen LogP contribution >= 0.6 is 11.3 Å². The van der Waals surface area contributed by atoms with Crippen molar-refractivity contribution in [1.82, 2.24) is 29.1 Å². The molecular weight excluding hydrogens is 484 g/mol. The van der Waals surface area contributed by atoms with Gasteiger partial charge in [-0.2, -0.15) is 21.3 Å². The van der Waals surface area contributed by atoms with Gasteiger partial charge in [-0.05, 0) is 59.8 Å². The molecule has 0 saturated heterocycles. The van der Waals surface area contributed by atoms with Crippen LogP contribution in [-0.4, -0.2) is 42.7 Å². The van der Waals surface area contributed by atoms with E-state index < -0.39 is 0 Å². The van der Waals surface area contributed by atoms with Gasteiger partial charge in [0, 0.05) is 35.7 Å². The zero-order valence-electron chi connectivity index (χ0n) is 20.1. The number of hydrogen-bond donors (Lipinski definition) is 2. The first-order chi connectivity index (χ1) is 18.3. The van der Waals surface area contributed by atoms with Crippen LogP contribution in [0.4, 0.5) is 17.5 Å². The lowest BCUT2D eigenvalue weighted by Gasteiger charge is -2.11. The molecule has 0 atom stereocenters. The van der Waals surface area contributed by atoms with Crippen LogP contribution < -0.4 is 15.4 Å². The average molecular weight is 509 g/mol. The minimum absolute atomic E-state index is 0.492. The molecule has 0 aliphatic rings. The molecule has 4 heterocycles. The Kier molecular flexibility index (Phi) is 6.22. The summed E-state index contributed by atoms with van der Waals surface area (Å²) < 4.78 is 9.19. The summed E-state index contributed by atoms with van der Waals surface area (Å²) in [5, 5.41) is 10.9. The van der Waals surface area contributed by atoms with Crippen LogP contribution in [0.15, 0.2) is 90.4 Å². The van der Waals surface area contributed by atoms with Crippen LogP contribution in [0.1, 0.15) is 5.56 Å². The largest absolute Gasteiger partial charge is 0.497 e. The van der Waals surface area contributed by atoms with Gasteiger partial charge in [0.2, 0.25) is 5.95 Å². The van der Waals surface area contributed by atoms with E-state index in [1.54, 1.807) is 37.3 Å². The number of methoxy groups -OCH3 is 1. The fourth-order valence-electron chi connectivity index (χ4n) is 4.04. The van der Waals surface area contributed by atoms with Crippen molar-refractivity contribution in [2.45, 2.75) is 6.42 Å². The third-order valence-electron chi connectivity index (χ3n) is 5.97. The normalized spacial score (nSPS) is 11.1. The van der Waals surface area contributed by atoms with Crippen molar-refractivity contribution in [2.75, 3.05) is 24.3 Å². The predicted molar refractivity (Wildman–Crippen MR) is 147 cm³/mol. The number of nitrogens with one attached hydrogen (secondary N) is 2. The number of aromatic nitrogens is 6. The maximum atomic E-state index is 5.26. The number of nitrogens with zero attached hydrogens (tertiary/aromatic N) is 6. The first kappa shape index (κ1) is 22.7. The zero-order chi connectivity index (χ0) is 25.0. The maximum Gasteiger partial charge on any atom is 0.231 e. The Bertz CT molecular complexity index is 1590. The van der Waals surface area contributed by atoms with Crippen LogP contribution in [0.2, 0.25) is 0 Å². The van der Waals surface area contributed by atoms with Crippen molar-refractivity contribution in [2.24, 2.45) is 0 Å². The van der Waals surface area contributed by atoms with Gasteiger partial charge < -0.3 is 19.9 Å². The molecule has 4 aromatic heterocycles. The van der Waals surface area contributed by atoms with Crippen LogP contribution in [0.5, 0.6) is 5.75 Å². The van der Waals surface area contributed by atoms with Gasteiger partial charge in [-0.1, -0.05) is 12.1 Å². The molecule has 0 aliphatic heterocycles. The number of fused-ring (bicyclic) bond motifs is 1. The molecule has 184 valence electrons. The molecule has 0 fully saturated rings. The number of anilines is 3. The molecule has 0 spiro atoms. The monoisotopic (exact) mass is 508 g/mol. The minimum Gasteiger partial charge on any atom is -0.497 e. The van der Waals surface area contributed by atoms with Gasteiger partial charge in [0.05, 0.1) is 19.1 Å². The van der Waals surface area contributed by atoms with E-state index in [9.17, 15) is 0 Å². The fraction of sp³-hybridized carbons (Fsp3) is 0.111. The highest BCUT2D eigenvalue weighted by molar-refractivity contribution is 7.08. The molecule has 2 N–H and O–H groups in total. The molecule has 0 saturated carbocycles. The number of benzene rings is 2. The second-order valence-electron chi connectivity index (χ2n) is 8.33. The van der Waals surface area contributed by atoms with Gasteiger partial charge in [0.25, 0.3) is 0 Å². The zero-order valence-corrected chi connectivity index (χ0v) is 20.9. The maximum absolute atomic E-state index is 5.26. The van der Waals surface area contributed by atoms with Crippen LogP contribution in [0.3, 0.4) is 0 Å². The molecule has 0 amide bonds. The van der Waals surface area contributed by atoms with Crippen molar-refractivity contribution in [1.29, 1.82) is 0 Å². The van der Waals surface area contributed by atoms with Gasteiger partial charge in [0.15, 0.2) is 17.0 Å². The van der Waals surface area contributed by atoms with E-state index in [4.69, 9.17) is 14.7 Å². The third-order valence-corrected chi connectivity index (χ3v) is 6.64. The first-order valence-electron chi connectivity index (χ1n) is 11.8. The van der Waals surface area contributed by atoms with E-state index in [2.05, 4.69) is 38.1 Å². The topological polar surface area (TPSA) is 94.7 Å². The Hall–Kier alpha value is -4.70. The summed E-state index contributed by atoms with van der Waals surface area (Å²) in [6, 6.07) is 18.2. The molecule has 0 radical (unpaired) electrons. The summed E-state index contributed by atoms with van der Waals surface area (Å²) in [4.78, 5) is 18.3. The highest BCUT2D eigenvalue weighted by atomic mass is 32.1. The number of ether oxygens (including phenoxy) is 1. The summed E-state index contributed by atoms with van der Waals surface area (Å²) >= 11 is 1.63. The van der Waals surface area contributed by atoms with E-state index in [1.807, 2.05) is 63.2 Å². The van der Waals surface area contributed by atoms with Gasteiger partial charge in [-0.25, -0.2) is 9.97 Å². The van der Waals surface area contributed by atoms with E-state index in [0.29, 0.717) is 18.3 Å². The highest BCUT2D eigenvalue weighted by Gasteiger charge is 2.15. The van der Waals surface area contributed by atoms with Gasteiger partial charge in [-0.3, -0.25) is 4.57 Å². The molecule has 0 bridgehead atoms. The summed E-state index contributed by atoms with van der Waals surface area (Å²) in [6.07, 6.45) is 8.07. The molecule has 0 unspecified atom stereocenters. The molecule has 2 aromatic carbocycles. The molecule has 0 aliphatic carbocycles. The van der Waals surface area contributed by atoms with Gasteiger partial charge >= 0.3 is 0 Å². The molecule has 6 rings (SSSR count). The van der Waals surface area contributed by atoms with E-state index >= 15 is 0 Å². The van der Waals surface area contributed by atoms with Crippen LogP contribution in [-0.2, 0) is 6.42 Å². The molecule has 6 aromatic rings. The minimum atomic E-state index is 0.492. The van der Waals surface area contributed by atoms with Crippen molar-refractivity contribution in [3.8, 4) is 17.1 Å². The quantitative estimate of drug-likeness (QED) is 0.267. The number of imidazole rings is 2. The summed E-state index contributed by atoms with van der Waals surface area (Å²) in [7, 11) is 1.67. The molecule has 9 nitrogen and oxygen atoms in total. The van der Waals surface area contributed by atoms with Crippen LogP contribution in [0.25, 0.3) is 22.5 Å². The van der Waals surface area contributed by atoms with Crippen molar-refractivity contribution < 1.29 is 4.74 Å². The number of hydrogen-bond acceptors (Lipinski definition) is 8. The van der Waals surface area contributed by atoms with Crippen LogP contribution in [0, 0.1) is 0 Å². The number of rotatable bonds is 9. The lowest BCUT2D eigenvalue weighted by Crippen LogP contribution is -2.09. The second-order valence-corrected chi connectivity index (χ2v) is 9.11. The van der Waals surface area contributed by atoms with Gasteiger partial charge in [0.1, 0.15) is 12.1 Å². The molecule has 10 heteroatoms. The molecule has 37 heavy (non-hydrogen) atoms. The second kappa shape index (κ2) is 10.1. The summed E-state index contributed by atoms with van der Waals surface area (Å²) in [5.41, 5.74) is 5.59. The van der Waals surface area contributed by atoms with Crippen molar-refractivity contribution in [3.05, 3.63) is 96.0 Å². The van der Waals surface area contributed by atoms with E-state index in [-0.39, 0.29) is 0 Å². The first-order valence-corrected chi connectivity index (χ1v) is 12.7. The van der Waals surface area contributed by atoms with Crippen molar-refractivity contribution >= 4 is 40.0 Å². The van der Waals surface area contributed by atoms with Gasteiger partial charge in [-0.15, -0.1) is 0 Å². The Labute approximate surface area is 217 Å². The predicted octanol–water partition coefficient (Wildman–Crippen LogP) is 5.47. The van der Waals surface area contributed by atoms with Crippen molar-refractivity contribution in [3.63, 3.8) is 0 Å². The Morgan fingerprint density at radius 1 is 0.946 bits per heavy atom. The Balaban J connectivity index is 1.28. The highest BCUT2D eigenvalue weighted by Crippen LogP contribution is 2.26. The molecular formula is C27H24N8OS. The standard InChI is InChI=1S/C27H24N8OS/c1-36-23-8-2-19(3-9-23)10-12-29-25-24-26(35(18-30-24)22-11-15-37-16-22)33-27(32-25)31-20-4-6-21(7-5-20)34-14-13-28-17-34/h2-9,11,13-18H,10,12H2,1H3,(H2,29,31,32,33). The smallest absolute Gasteiger partial charge is 0.231 e. The lowest BCUT2D eigenvalue weighted by molar-refractivity contribution is 0.414. The average Bonchev–Trinajstić information content (AvgIpc) is 3.72. The fourth-order valence-corrected chi connectivity index (χ4v) is 4.67. The third kappa shape index (κ3) is 4.87. The van der Waals surface area contributed by atoms with E-state index in [1.165, 1.54) is 5.56 Å². The summed E-state index contributed by atoms with van der Waals surface area (Å²) in [5.74, 6) is 2.03. The number of thiophene rings is 1. The van der Waals surface area contributed by atoms with E-state index in [0.717, 1.165) is 40.4 Å². The summed E-state index contributed by atoms with van der Waals surface area (Å²) in [6.45, 7) is 0.697. The Morgan fingerprint density at radius 2 is 1.81 bits per heavy atom.